The standard InChI is InChI=1S/C19H29N3O3S2/c1-4-7-8-9-18(23)21-19-20-16-11-10-15(14-17(16)26-19)27(24,25)22(12-5-2)13-6-3/h10-11,14H,4-9,12-13H2,1-3H3,(H,20,21,23). The molecule has 6 nitrogen and oxygen atoms in total. The van der Waals surface area contributed by atoms with Gasteiger partial charge in [0.2, 0.25) is 15.9 Å². The summed E-state index contributed by atoms with van der Waals surface area (Å²) in [7, 11) is -3.52. The van der Waals surface area contributed by atoms with Crippen LogP contribution in [0.5, 0.6) is 0 Å². The molecule has 0 saturated carbocycles. The molecule has 2 rings (SSSR count). The number of fused-ring (bicyclic) bond motifs is 1. The number of rotatable bonds is 11. The molecule has 0 radical (unpaired) electrons. The number of nitrogens with one attached hydrogen (secondary N) is 1. The molecular formula is C19H29N3O3S2. The number of carbonyl (C=O) groups is 1. The van der Waals surface area contributed by atoms with E-state index in [1.54, 1.807) is 18.2 Å². The van der Waals surface area contributed by atoms with Gasteiger partial charge in [-0.15, -0.1) is 0 Å². The highest BCUT2D eigenvalue weighted by Crippen LogP contribution is 2.29. The predicted octanol–water partition coefficient (Wildman–Crippen LogP) is 4.63. The molecule has 0 saturated heterocycles. The van der Waals surface area contributed by atoms with E-state index >= 15 is 0 Å². The van der Waals surface area contributed by atoms with Crippen LogP contribution in [0.2, 0.25) is 0 Å². The predicted molar refractivity (Wildman–Crippen MR) is 112 cm³/mol. The number of unbranched alkanes of at least 4 members (excludes halogenated alkanes) is 2. The van der Waals surface area contributed by atoms with Crippen LogP contribution in [0.15, 0.2) is 23.1 Å². The molecule has 1 heterocycles. The summed E-state index contributed by atoms with van der Waals surface area (Å²) in [5.74, 6) is -0.0487. The molecule has 1 aromatic heterocycles. The van der Waals surface area contributed by atoms with Crippen LogP contribution in [0.1, 0.15) is 59.3 Å². The third-order valence-electron chi connectivity index (χ3n) is 4.20. The summed E-state index contributed by atoms with van der Waals surface area (Å²) in [5.41, 5.74) is 0.695. The van der Waals surface area contributed by atoms with Crippen molar-refractivity contribution < 1.29 is 13.2 Å². The first-order valence-corrected chi connectivity index (χ1v) is 11.9. The lowest BCUT2D eigenvalue weighted by Crippen LogP contribution is -2.32. The average Bonchev–Trinajstić information content (AvgIpc) is 3.03. The van der Waals surface area contributed by atoms with E-state index in [9.17, 15) is 13.2 Å². The first kappa shape index (κ1) is 21.8. The number of amides is 1. The molecule has 0 atom stereocenters. The molecule has 0 aliphatic rings. The number of nitrogens with zero attached hydrogens (tertiary/aromatic N) is 2. The second kappa shape index (κ2) is 10.1. The molecule has 0 spiro atoms. The molecule has 0 aliphatic carbocycles. The molecule has 27 heavy (non-hydrogen) atoms. The lowest BCUT2D eigenvalue weighted by Gasteiger charge is -2.20. The zero-order valence-corrected chi connectivity index (χ0v) is 18.0. The van der Waals surface area contributed by atoms with E-state index in [4.69, 9.17) is 0 Å². The fourth-order valence-electron chi connectivity index (χ4n) is 2.84. The molecule has 0 unspecified atom stereocenters. The van der Waals surface area contributed by atoms with Crippen LogP contribution in [0.25, 0.3) is 10.2 Å². The fourth-order valence-corrected chi connectivity index (χ4v) is 5.48. The van der Waals surface area contributed by atoms with Crippen molar-refractivity contribution in [3.63, 3.8) is 0 Å². The van der Waals surface area contributed by atoms with Crippen LogP contribution in [0.3, 0.4) is 0 Å². The van der Waals surface area contributed by atoms with Crippen LogP contribution in [-0.4, -0.2) is 36.7 Å². The van der Waals surface area contributed by atoms with Crippen molar-refractivity contribution in [1.29, 1.82) is 0 Å². The number of carbonyl (C=O) groups excluding carboxylic acids is 1. The van der Waals surface area contributed by atoms with Gasteiger partial charge in [0.1, 0.15) is 0 Å². The van der Waals surface area contributed by atoms with Crippen molar-refractivity contribution in [3.05, 3.63) is 18.2 Å². The summed E-state index contributed by atoms with van der Waals surface area (Å²) >= 11 is 1.31. The van der Waals surface area contributed by atoms with E-state index in [1.807, 2.05) is 13.8 Å². The first-order valence-electron chi connectivity index (χ1n) is 9.62. The Balaban J connectivity index is 2.20. The fraction of sp³-hybridized carbons (Fsp3) is 0.579. The molecule has 0 aliphatic heterocycles. The summed E-state index contributed by atoms with van der Waals surface area (Å²) in [5, 5.41) is 3.33. The Morgan fingerprint density at radius 1 is 1.11 bits per heavy atom. The van der Waals surface area contributed by atoms with Gasteiger partial charge in [-0.25, -0.2) is 13.4 Å². The molecule has 1 N–H and O–H groups in total. The Kier molecular flexibility index (Phi) is 8.19. The monoisotopic (exact) mass is 411 g/mol. The second-order valence-corrected chi connectivity index (χ2v) is 9.53. The number of hydrogen-bond acceptors (Lipinski definition) is 5. The molecule has 2 aromatic rings. The van der Waals surface area contributed by atoms with Crippen LogP contribution in [-0.2, 0) is 14.8 Å². The Morgan fingerprint density at radius 3 is 2.44 bits per heavy atom. The maximum absolute atomic E-state index is 12.9. The van der Waals surface area contributed by atoms with Crippen molar-refractivity contribution in [2.45, 2.75) is 64.2 Å². The zero-order chi connectivity index (χ0) is 19.9. The van der Waals surface area contributed by atoms with Gasteiger partial charge in [-0.2, -0.15) is 4.31 Å². The van der Waals surface area contributed by atoms with Gasteiger partial charge in [-0.3, -0.25) is 4.79 Å². The Bertz CT molecular complexity index is 856. The number of benzene rings is 1. The minimum atomic E-state index is -3.52. The molecule has 0 bridgehead atoms. The number of aromatic nitrogens is 1. The molecule has 8 heteroatoms. The number of anilines is 1. The van der Waals surface area contributed by atoms with Crippen LogP contribution in [0.4, 0.5) is 5.13 Å². The van der Waals surface area contributed by atoms with Gasteiger partial charge in [0.15, 0.2) is 5.13 Å². The van der Waals surface area contributed by atoms with E-state index in [0.717, 1.165) is 36.8 Å². The first-order chi connectivity index (χ1) is 12.9. The maximum Gasteiger partial charge on any atom is 0.243 e. The summed E-state index contributed by atoms with van der Waals surface area (Å²) < 4.78 is 28.1. The van der Waals surface area contributed by atoms with Gasteiger partial charge in [0.25, 0.3) is 0 Å². The third kappa shape index (κ3) is 5.73. The Labute approximate surface area is 166 Å². The second-order valence-electron chi connectivity index (χ2n) is 6.56. The Morgan fingerprint density at radius 2 is 1.81 bits per heavy atom. The van der Waals surface area contributed by atoms with Crippen LogP contribution >= 0.6 is 11.3 Å². The summed E-state index contributed by atoms with van der Waals surface area (Å²) in [6.45, 7) is 7.06. The summed E-state index contributed by atoms with van der Waals surface area (Å²) in [6.07, 6.45) is 4.98. The van der Waals surface area contributed by atoms with Gasteiger partial charge >= 0.3 is 0 Å². The zero-order valence-electron chi connectivity index (χ0n) is 16.3. The average molecular weight is 412 g/mol. The number of hydrogen-bond donors (Lipinski definition) is 1. The van der Waals surface area contributed by atoms with Gasteiger partial charge in [0, 0.05) is 19.5 Å². The third-order valence-corrected chi connectivity index (χ3v) is 7.03. The van der Waals surface area contributed by atoms with Gasteiger partial charge in [0.05, 0.1) is 15.1 Å². The Hall–Kier alpha value is -1.51. The molecule has 150 valence electrons. The lowest BCUT2D eigenvalue weighted by atomic mass is 10.2. The van der Waals surface area contributed by atoms with E-state index < -0.39 is 10.0 Å². The van der Waals surface area contributed by atoms with Crippen molar-refractivity contribution in [1.82, 2.24) is 9.29 Å². The highest BCUT2D eigenvalue weighted by atomic mass is 32.2. The minimum absolute atomic E-state index is 0.0487. The van der Waals surface area contributed by atoms with E-state index in [-0.39, 0.29) is 10.8 Å². The van der Waals surface area contributed by atoms with E-state index in [0.29, 0.717) is 30.2 Å². The summed E-state index contributed by atoms with van der Waals surface area (Å²) in [4.78, 5) is 16.7. The molecule has 1 amide bonds. The van der Waals surface area contributed by atoms with Crippen molar-refractivity contribution in [2.75, 3.05) is 18.4 Å². The smallest absolute Gasteiger partial charge is 0.243 e. The van der Waals surface area contributed by atoms with Crippen molar-refractivity contribution in [3.8, 4) is 0 Å². The maximum atomic E-state index is 12.9. The lowest BCUT2D eigenvalue weighted by molar-refractivity contribution is -0.116. The summed E-state index contributed by atoms with van der Waals surface area (Å²) in [6, 6.07) is 4.97. The van der Waals surface area contributed by atoms with E-state index in [2.05, 4.69) is 17.2 Å². The quantitative estimate of drug-likeness (QED) is 0.547. The normalized spacial score (nSPS) is 12.0. The molecular weight excluding hydrogens is 382 g/mol. The van der Waals surface area contributed by atoms with Crippen molar-refractivity contribution in [2.24, 2.45) is 0 Å². The van der Waals surface area contributed by atoms with Gasteiger partial charge in [-0.05, 0) is 37.5 Å². The van der Waals surface area contributed by atoms with Crippen LogP contribution in [0, 0.1) is 0 Å². The minimum Gasteiger partial charge on any atom is -0.302 e. The molecule has 1 aromatic carbocycles. The van der Waals surface area contributed by atoms with Crippen LogP contribution < -0.4 is 5.32 Å². The highest BCUT2D eigenvalue weighted by Gasteiger charge is 2.23. The van der Waals surface area contributed by atoms with E-state index in [1.165, 1.54) is 15.6 Å². The SMILES string of the molecule is CCCCCC(=O)Nc1nc2ccc(S(=O)(=O)N(CCC)CCC)cc2s1. The largest absolute Gasteiger partial charge is 0.302 e. The topological polar surface area (TPSA) is 79.4 Å². The number of thiazole rings is 1. The highest BCUT2D eigenvalue weighted by molar-refractivity contribution is 7.89. The van der Waals surface area contributed by atoms with Crippen molar-refractivity contribution >= 4 is 42.6 Å². The van der Waals surface area contributed by atoms with Gasteiger partial charge in [-0.1, -0.05) is 44.9 Å². The van der Waals surface area contributed by atoms with Gasteiger partial charge < -0.3 is 5.32 Å². The number of sulfonamides is 1. The molecule has 0 fully saturated rings.